The summed E-state index contributed by atoms with van der Waals surface area (Å²) >= 11 is 3.43. The third kappa shape index (κ3) is 3.46. The highest BCUT2D eigenvalue weighted by Gasteiger charge is 2.12. The Morgan fingerprint density at radius 1 is 1.33 bits per heavy atom. The number of piperazine rings is 1. The highest BCUT2D eigenvalue weighted by atomic mass is 79.9. The van der Waals surface area contributed by atoms with Crippen molar-refractivity contribution in [1.29, 1.82) is 0 Å². The van der Waals surface area contributed by atoms with E-state index in [0.29, 0.717) is 5.75 Å². The molecule has 0 bridgehead atoms. The molecule has 3 nitrogen and oxygen atoms in total. The van der Waals surface area contributed by atoms with Crippen LogP contribution in [0.2, 0.25) is 0 Å². The van der Waals surface area contributed by atoms with Crippen LogP contribution in [0.25, 0.3) is 0 Å². The van der Waals surface area contributed by atoms with Gasteiger partial charge in [0, 0.05) is 32.7 Å². The molecule has 0 unspecified atom stereocenters. The Hall–Kier alpha value is -0.580. The van der Waals surface area contributed by atoms with Crippen LogP contribution in [0.5, 0.6) is 5.75 Å². The van der Waals surface area contributed by atoms with Gasteiger partial charge in [0.25, 0.3) is 0 Å². The molecule has 4 heteroatoms. The molecule has 0 amide bonds. The van der Waals surface area contributed by atoms with Crippen molar-refractivity contribution < 1.29 is 5.11 Å². The molecule has 0 radical (unpaired) electrons. The molecule has 0 aliphatic carbocycles. The fraction of sp³-hybridized carbons (Fsp3) is 0.571. The monoisotopic (exact) mass is 312 g/mol. The van der Waals surface area contributed by atoms with Crippen LogP contribution in [0.4, 0.5) is 0 Å². The molecule has 1 aliphatic heterocycles. The van der Waals surface area contributed by atoms with Crippen molar-refractivity contribution in [2.75, 3.05) is 32.7 Å². The SMILES string of the molecule is CCc1cc(Br)c(O)c(CCN2CCNCC2)c1. The Labute approximate surface area is 117 Å². The van der Waals surface area contributed by atoms with Crippen LogP contribution in [-0.2, 0) is 12.8 Å². The second kappa shape index (κ2) is 6.55. The molecule has 1 aromatic carbocycles. The Bertz CT molecular complexity index is 403. The number of hydrogen-bond acceptors (Lipinski definition) is 3. The standard InChI is InChI=1S/C14H21BrN2O/c1-2-11-9-12(14(18)13(15)10-11)3-6-17-7-4-16-5-8-17/h9-10,16,18H,2-8H2,1H3. The lowest BCUT2D eigenvalue weighted by atomic mass is 10.0. The maximum atomic E-state index is 10.1. The number of phenols is 1. The van der Waals surface area contributed by atoms with Gasteiger partial charge in [-0.05, 0) is 46.0 Å². The van der Waals surface area contributed by atoms with Crippen molar-refractivity contribution in [2.45, 2.75) is 19.8 Å². The van der Waals surface area contributed by atoms with Crippen molar-refractivity contribution in [3.05, 3.63) is 27.7 Å². The van der Waals surface area contributed by atoms with Crippen LogP contribution in [-0.4, -0.2) is 42.7 Å². The molecular weight excluding hydrogens is 292 g/mol. The molecule has 1 heterocycles. The average molecular weight is 313 g/mol. The molecule has 0 aromatic heterocycles. The topological polar surface area (TPSA) is 35.5 Å². The predicted molar refractivity (Wildman–Crippen MR) is 78.2 cm³/mol. The summed E-state index contributed by atoms with van der Waals surface area (Å²) in [6.45, 7) is 7.52. The number of aryl methyl sites for hydroxylation is 1. The number of hydrogen-bond donors (Lipinski definition) is 2. The van der Waals surface area contributed by atoms with Gasteiger partial charge in [-0.15, -0.1) is 0 Å². The smallest absolute Gasteiger partial charge is 0.133 e. The van der Waals surface area contributed by atoms with E-state index in [1.807, 2.05) is 6.07 Å². The number of phenolic OH excluding ortho intramolecular Hbond substituents is 1. The van der Waals surface area contributed by atoms with E-state index in [1.54, 1.807) is 0 Å². The van der Waals surface area contributed by atoms with Crippen LogP contribution in [0, 0.1) is 0 Å². The first-order chi connectivity index (χ1) is 8.70. The van der Waals surface area contributed by atoms with E-state index in [0.717, 1.165) is 55.6 Å². The van der Waals surface area contributed by atoms with Crippen molar-refractivity contribution in [3.8, 4) is 5.75 Å². The molecule has 1 saturated heterocycles. The molecule has 0 spiro atoms. The Kier molecular flexibility index (Phi) is 5.03. The van der Waals surface area contributed by atoms with E-state index in [2.05, 4.69) is 39.1 Å². The molecule has 2 rings (SSSR count). The highest BCUT2D eigenvalue weighted by Crippen LogP contribution is 2.30. The van der Waals surface area contributed by atoms with Crippen LogP contribution in [0.3, 0.4) is 0 Å². The minimum atomic E-state index is 0.405. The van der Waals surface area contributed by atoms with Gasteiger partial charge in [-0.25, -0.2) is 0 Å². The fourth-order valence-corrected chi connectivity index (χ4v) is 2.88. The van der Waals surface area contributed by atoms with Gasteiger partial charge in [0.1, 0.15) is 5.75 Å². The summed E-state index contributed by atoms with van der Waals surface area (Å²) in [6.07, 6.45) is 1.91. The molecular formula is C14H21BrN2O. The molecule has 1 fully saturated rings. The summed E-state index contributed by atoms with van der Waals surface area (Å²) in [5.74, 6) is 0.405. The van der Waals surface area contributed by atoms with Gasteiger partial charge in [0.15, 0.2) is 0 Å². The third-order valence-electron chi connectivity index (χ3n) is 3.52. The van der Waals surface area contributed by atoms with E-state index < -0.39 is 0 Å². The van der Waals surface area contributed by atoms with E-state index in [-0.39, 0.29) is 0 Å². The van der Waals surface area contributed by atoms with Crippen molar-refractivity contribution in [2.24, 2.45) is 0 Å². The highest BCUT2D eigenvalue weighted by molar-refractivity contribution is 9.10. The third-order valence-corrected chi connectivity index (χ3v) is 4.12. The second-order valence-electron chi connectivity index (χ2n) is 4.78. The maximum absolute atomic E-state index is 10.1. The number of nitrogens with zero attached hydrogens (tertiary/aromatic N) is 1. The fourth-order valence-electron chi connectivity index (χ4n) is 2.33. The van der Waals surface area contributed by atoms with E-state index in [1.165, 1.54) is 5.56 Å². The lowest BCUT2D eigenvalue weighted by Crippen LogP contribution is -2.44. The van der Waals surface area contributed by atoms with Gasteiger partial charge in [-0.2, -0.15) is 0 Å². The first-order valence-electron chi connectivity index (χ1n) is 6.64. The largest absolute Gasteiger partial charge is 0.506 e. The molecule has 2 N–H and O–H groups in total. The van der Waals surface area contributed by atoms with Crippen LogP contribution in [0.1, 0.15) is 18.1 Å². The van der Waals surface area contributed by atoms with Gasteiger partial charge < -0.3 is 15.3 Å². The predicted octanol–water partition coefficient (Wildman–Crippen LogP) is 2.16. The number of aromatic hydroxyl groups is 1. The Morgan fingerprint density at radius 2 is 2.06 bits per heavy atom. The molecule has 18 heavy (non-hydrogen) atoms. The maximum Gasteiger partial charge on any atom is 0.133 e. The molecule has 100 valence electrons. The summed E-state index contributed by atoms with van der Waals surface area (Å²) in [5, 5.41) is 13.4. The molecule has 1 aliphatic rings. The summed E-state index contributed by atoms with van der Waals surface area (Å²) in [4.78, 5) is 2.45. The lowest BCUT2D eigenvalue weighted by Gasteiger charge is -2.27. The van der Waals surface area contributed by atoms with Crippen molar-refractivity contribution in [3.63, 3.8) is 0 Å². The first kappa shape index (κ1) is 13.8. The number of halogens is 1. The lowest BCUT2D eigenvalue weighted by molar-refractivity contribution is 0.243. The van der Waals surface area contributed by atoms with Gasteiger partial charge in [-0.1, -0.05) is 13.0 Å². The first-order valence-corrected chi connectivity index (χ1v) is 7.43. The minimum absolute atomic E-state index is 0.405. The number of benzene rings is 1. The molecule has 0 saturated carbocycles. The van der Waals surface area contributed by atoms with Gasteiger partial charge in [0.2, 0.25) is 0 Å². The normalized spacial score (nSPS) is 17.0. The van der Waals surface area contributed by atoms with Gasteiger partial charge in [0.05, 0.1) is 4.47 Å². The van der Waals surface area contributed by atoms with E-state index in [4.69, 9.17) is 0 Å². The van der Waals surface area contributed by atoms with Gasteiger partial charge >= 0.3 is 0 Å². The average Bonchev–Trinajstić information content (AvgIpc) is 2.41. The molecule has 0 atom stereocenters. The zero-order valence-corrected chi connectivity index (χ0v) is 12.5. The van der Waals surface area contributed by atoms with Crippen molar-refractivity contribution in [1.82, 2.24) is 10.2 Å². The van der Waals surface area contributed by atoms with E-state index in [9.17, 15) is 5.11 Å². The van der Waals surface area contributed by atoms with Crippen LogP contribution < -0.4 is 5.32 Å². The minimum Gasteiger partial charge on any atom is -0.506 e. The van der Waals surface area contributed by atoms with Crippen LogP contribution in [0.15, 0.2) is 16.6 Å². The van der Waals surface area contributed by atoms with Crippen LogP contribution >= 0.6 is 15.9 Å². The summed E-state index contributed by atoms with van der Waals surface area (Å²) in [7, 11) is 0. The zero-order valence-electron chi connectivity index (χ0n) is 10.9. The van der Waals surface area contributed by atoms with E-state index >= 15 is 0 Å². The second-order valence-corrected chi connectivity index (χ2v) is 5.63. The number of rotatable bonds is 4. The Balaban J connectivity index is 2.01. The zero-order chi connectivity index (χ0) is 13.0. The quantitative estimate of drug-likeness (QED) is 0.894. The number of nitrogens with one attached hydrogen (secondary N) is 1. The van der Waals surface area contributed by atoms with Gasteiger partial charge in [-0.3, -0.25) is 0 Å². The Morgan fingerprint density at radius 3 is 2.72 bits per heavy atom. The summed E-state index contributed by atoms with van der Waals surface area (Å²) < 4.78 is 0.817. The summed E-state index contributed by atoms with van der Waals surface area (Å²) in [5.41, 5.74) is 2.33. The summed E-state index contributed by atoms with van der Waals surface area (Å²) in [6, 6.07) is 4.13. The molecule has 1 aromatic rings. The van der Waals surface area contributed by atoms with Crippen molar-refractivity contribution >= 4 is 15.9 Å².